The van der Waals surface area contributed by atoms with E-state index >= 15 is 0 Å². The molecule has 18 heavy (non-hydrogen) atoms. The SMILES string of the molecule is Cn1ccc(NCc2ccc(C(N)=O)cc2F)n1. The third kappa shape index (κ3) is 2.65. The zero-order valence-electron chi connectivity index (χ0n) is 9.85. The van der Waals surface area contributed by atoms with Gasteiger partial charge >= 0.3 is 0 Å². The van der Waals surface area contributed by atoms with Crippen LogP contribution in [0.25, 0.3) is 0 Å². The summed E-state index contributed by atoms with van der Waals surface area (Å²) >= 11 is 0. The molecule has 5 nitrogen and oxygen atoms in total. The normalized spacial score (nSPS) is 10.3. The number of carbonyl (C=O) groups is 1. The molecule has 2 aromatic rings. The molecule has 1 heterocycles. The van der Waals surface area contributed by atoms with E-state index in [0.29, 0.717) is 17.9 Å². The van der Waals surface area contributed by atoms with Gasteiger partial charge in [0.2, 0.25) is 5.91 Å². The van der Waals surface area contributed by atoms with Crippen LogP contribution in [0.3, 0.4) is 0 Å². The summed E-state index contributed by atoms with van der Waals surface area (Å²) < 4.78 is 15.3. The van der Waals surface area contributed by atoms with Gasteiger partial charge in [-0.3, -0.25) is 9.48 Å². The van der Waals surface area contributed by atoms with Gasteiger partial charge in [-0.2, -0.15) is 5.10 Å². The Morgan fingerprint density at radius 1 is 1.50 bits per heavy atom. The molecular weight excluding hydrogens is 235 g/mol. The number of anilines is 1. The molecule has 0 fully saturated rings. The van der Waals surface area contributed by atoms with Crippen molar-refractivity contribution in [1.29, 1.82) is 0 Å². The predicted octanol–water partition coefficient (Wildman–Crippen LogP) is 1.27. The molecule has 1 aromatic carbocycles. The average molecular weight is 248 g/mol. The van der Waals surface area contributed by atoms with Crippen molar-refractivity contribution in [2.75, 3.05) is 5.32 Å². The number of nitrogens with one attached hydrogen (secondary N) is 1. The van der Waals surface area contributed by atoms with E-state index in [2.05, 4.69) is 10.4 Å². The minimum Gasteiger partial charge on any atom is -0.366 e. The van der Waals surface area contributed by atoms with E-state index < -0.39 is 11.7 Å². The molecule has 0 aliphatic heterocycles. The summed E-state index contributed by atoms with van der Waals surface area (Å²) in [5.74, 6) is -0.441. The second-order valence-electron chi connectivity index (χ2n) is 3.90. The molecular formula is C12H13FN4O. The summed E-state index contributed by atoms with van der Waals surface area (Å²) in [4.78, 5) is 10.9. The summed E-state index contributed by atoms with van der Waals surface area (Å²) in [6.07, 6.45) is 1.79. The fourth-order valence-corrected chi connectivity index (χ4v) is 1.54. The van der Waals surface area contributed by atoms with E-state index in [9.17, 15) is 9.18 Å². The number of nitrogens with two attached hydrogens (primary N) is 1. The molecule has 0 unspecified atom stereocenters. The molecule has 0 aliphatic carbocycles. The highest BCUT2D eigenvalue weighted by atomic mass is 19.1. The zero-order chi connectivity index (χ0) is 13.1. The number of primary amides is 1. The van der Waals surface area contributed by atoms with Crippen LogP contribution in [0.4, 0.5) is 10.2 Å². The zero-order valence-corrected chi connectivity index (χ0v) is 9.85. The van der Waals surface area contributed by atoms with Crippen LogP contribution in [0.1, 0.15) is 15.9 Å². The molecule has 1 amide bonds. The first-order valence-electron chi connectivity index (χ1n) is 5.38. The van der Waals surface area contributed by atoms with Crippen LogP contribution in [0.15, 0.2) is 30.5 Å². The van der Waals surface area contributed by atoms with E-state index in [1.165, 1.54) is 12.1 Å². The first-order valence-corrected chi connectivity index (χ1v) is 5.38. The van der Waals surface area contributed by atoms with Gasteiger partial charge in [0.15, 0.2) is 0 Å². The van der Waals surface area contributed by atoms with Crippen molar-refractivity contribution in [3.8, 4) is 0 Å². The van der Waals surface area contributed by atoms with E-state index in [1.54, 1.807) is 24.0 Å². The summed E-state index contributed by atoms with van der Waals surface area (Å²) in [5, 5.41) is 7.09. The molecule has 94 valence electrons. The first kappa shape index (κ1) is 12.1. The molecule has 0 spiro atoms. The number of hydrogen-bond donors (Lipinski definition) is 2. The summed E-state index contributed by atoms with van der Waals surface area (Å²) in [6.45, 7) is 0.294. The van der Waals surface area contributed by atoms with Crippen molar-refractivity contribution in [1.82, 2.24) is 9.78 Å². The fraction of sp³-hybridized carbons (Fsp3) is 0.167. The van der Waals surface area contributed by atoms with Gasteiger partial charge in [-0.25, -0.2) is 4.39 Å². The topological polar surface area (TPSA) is 72.9 Å². The first-order chi connectivity index (χ1) is 8.56. The van der Waals surface area contributed by atoms with Gasteiger partial charge in [0.05, 0.1) is 0 Å². The van der Waals surface area contributed by atoms with Gasteiger partial charge in [0.25, 0.3) is 0 Å². The molecule has 0 aliphatic rings. The van der Waals surface area contributed by atoms with Crippen molar-refractivity contribution in [3.05, 3.63) is 47.4 Å². The van der Waals surface area contributed by atoms with Crippen LogP contribution in [-0.4, -0.2) is 15.7 Å². The minimum atomic E-state index is -0.641. The summed E-state index contributed by atoms with van der Waals surface area (Å²) in [7, 11) is 1.80. The maximum absolute atomic E-state index is 13.6. The fourth-order valence-electron chi connectivity index (χ4n) is 1.54. The maximum atomic E-state index is 13.6. The van der Waals surface area contributed by atoms with Crippen LogP contribution in [0.5, 0.6) is 0 Å². The second kappa shape index (κ2) is 4.87. The van der Waals surface area contributed by atoms with Crippen molar-refractivity contribution in [3.63, 3.8) is 0 Å². The maximum Gasteiger partial charge on any atom is 0.248 e. The van der Waals surface area contributed by atoms with Crippen LogP contribution in [0, 0.1) is 5.82 Å². The van der Waals surface area contributed by atoms with Crippen molar-refractivity contribution in [2.45, 2.75) is 6.54 Å². The molecule has 6 heteroatoms. The number of amides is 1. The smallest absolute Gasteiger partial charge is 0.248 e. The Kier molecular flexibility index (Phi) is 3.27. The van der Waals surface area contributed by atoms with Gasteiger partial charge in [0.1, 0.15) is 11.6 Å². The number of carbonyl (C=O) groups excluding carboxylic acids is 1. The van der Waals surface area contributed by atoms with Gasteiger partial charge in [0, 0.05) is 37.0 Å². The Morgan fingerprint density at radius 2 is 2.28 bits per heavy atom. The highest BCUT2D eigenvalue weighted by Gasteiger charge is 2.07. The highest BCUT2D eigenvalue weighted by Crippen LogP contribution is 2.12. The summed E-state index contributed by atoms with van der Waals surface area (Å²) in [5.41, 5.74) is 5.68. The Balaban J connectivity index is 2.08. The van der Waals surface area contributed by atoms with E-state index in [-0.39, 0.29) is 5.56 Å². The van der Waals surface area contributed by atoms with E-state index in [1.807, 2.05) is 0 Å². The van der Waals surface area contributed by atoms with E-state index in [4.69, 9.17) is 5.73 Å². The number of hydrogen-bond acceptors (Lipinski definition) is 3. The van der Waals surface area contributed by atoms with Crippen LogP contribution in [-0.2, 0) is 13.6 Å². The standard InChI is InChI=1S/C12H13FN4O/c1-17-5-4-11(16-17)15-7-9-3-2-8(12(14)18)6-10(9)13/h2-6H,7H2,1H3,(H2,14,18)(H,15,16). The third-order valence-electron chi connectivity index (χ3n) is 2.51. The van der Waals surface area contributed by atoms with Crippen molar-refractivity contribution in [2.24, 2.45) is 12.8 Å². The highest BCUT2D eigenvalue weighted by molar-refractivity contribution is 5.92. The molecule has 1 aromatic heterocycles. The van der Waals surface area contributed by atoms with Gasteiger partial charge in [-0.15, -0.1) is 0 Å². The van der Waals surface area contributed by atoms with E-state index in [0.717, 1.165) is 6.07 Å². The average Bonchev–Trinajstić information content (AvgIpc) is 2.73. The number of aromatic nitrogens is 2. The van der Waals surface area contributed by atoms with Crippen molar-refractivity contribution < 1.29 is 9.18 Å². The van der Waals surface area contributed by atoms with Crippen LogP contribution in [0.2, 0.25) is 0 Å². The second-order valence-corrected chi connectivity index (χ2v) is 3.90. The molecule has 0 atom stereocenters. The molecule has 2 rings (SSSR count). The molecule has 0 saturated heterocycles. The lowest BCUT2D eigenvalue weighted by Gasteiger charge is -2.05. The van der Waals surface area contributed by atoms with Gasteiger partial charge in [-0.05, 0) is 12.1 Å². The molecule has 3 N–H and O–H groups in total. The largest absolute Gasteiger partial charge is 0.366 e. The minimum absolute atomic E-state index is 0.161. The molecule has 0 bridgehead atoms. The van der Waals surface area contributed by atoms with Crippen LogP contribution < -0.4 is 11.1 Å². The Morgan fingerprint density at radius 3 is 2.83 bits per heavy atom. The lowest BCUT2D eigenvalue weighted by atomic mass is 10.1. The van der Waals surface area contributed by atoms with Crippen LogP contribution >= 0.6 is 0 Å². The number of benzene rings is 1. The number of aryl methyl sites for hydroxylation is 1. The number of rotatable bonds is 4. The monoisotopic (exact) mass is 248 g/mol. The Hall–Kier alpha value is -2.37. The van der Waals surface area contributed by atoms with Crippen molar-refractivity contribution >= 4 is 11.7 Å². The molecule has 0 radical (unpaired) electrons. The Bertz CT molecular complexity index is 579. The Labute approximate surface area is 103 Å². The molecule has 0 saturated carbocycles. The number of nitrogens with zero attached hydrogens (tertiary/aromatic N) is 2. The lowest BCUT2D eigenvalue weighted by Crippen LogP contribution is -2.12. The third-order valence-corrected chi connectivity index (χ3v) is 2.51. The number of halogens is 1. The quantitative estimate of drug-likeness (QED) is 0.855. The summed E-state index contributed by atoms with van der Waals surface area (Å²) in [6, 6.07) is 5.96. The lowest BCUT2D eigenvalue weighted by molar-refractivity contribution is 0.1000. The van der Waals surface area contributed by atoms with Gasteiger partial charge in [-0.1, -0.05) is 6.07 Å². The predicted molar refractivity (Wildman–Crippen MR) is 65.5 cm³/mol. The van der Waals surface area contributed by atoms with Gasteiger partial charge < -0.3 is 11.1 Å².